The Morgan fingerprint density at radius 2 is 1.07 bits per heavy atom. The molecule has 7 aliphatic carbocycles. The zero-order chi connectivity index (χ0) is 35.2. The highest BCUT2D eigenvalue weighted by molar-refractivity contribution is 7.25. The summed E-state index contributed by atoms with van der Waals surface area (Å²) in [5.74, 6) is 3.35. The van der Waals surface area contributed by atoms with Gasteiger partial charge in [0, 0.05) is 47.8 Å². The Labute approximate surface area is 322 Å². The van der Waals surface area contributed by atoms with E-state index in [-0.39, 0.29) is 10.8 Å². The molecule has 0 amide bonds. The number of fused-ring (bicyclic) bond motifs is 11. The van der Waals surface area contributed by atoms with Crippen LogP contribution in [0, 0.1) is 23.7 Å². The first kappa shape index (κ1) is 30.6. The van der Waals surface area contributed by atoms with E-state index < -0.39 is 0 Å². The van der Waals surface area contributed by atoms with Crippen molar-refractivity contribution < 1.29 is 0 Å². The Bertz CT molecular complexity index is 2660. The molecule has 14 rings (SSSR count). The monoisotopic (exact) mass is 715 g/mol. The van der Waals surface area contributed by atoms with E-state index in [4.69, 9.17) is 0 Å². The van der Waals surface area contributed by atoms with Gasteiger partial charge in [-0.1, -0.05) is 110 Å². The molecule has 6 aromatic carbocycles. The molecule has 1 heterocycles. The van der Waals surface area contributed by atoms with Gasteiger partial charge in [-0.25, -0.2) is 0 Å². The van der Waals surface area contributed by atoms with Crippen LogP contribution in [0.1, 0.15) is 86.5 Å². The average Bonchev–Trinajstić information content (AvgIpc) is 3.83. The Kier molecular flexibility index (Phi) is 6.23. The maximum atomic E-state index is 2.72. The standard InChI is InChI=1S/C52H45NS/c1-8-24-51(25-9-1)41-15-5-2-13-38(41)49-43(51)17-10-19-45(49)53(36-22-23-48-40(31-36)37-12-4-7-21-47(37)54-48)46-20-11-18-44-50(46)39-14-3-6-16-42(39)52(44)34-27-32-26-33(29-34)30-35(52)28-32/h2-7,10-23,31-35H,1,8-9,24-30H2. The van der Waals surface area contributed by atoms with Gasteiger partial charge in [-0.05, 0) is 138 Å². The molecule has 0 N–H and O–H groups in total. The van der Waals surface area contributed by atoms with E-state index >= 15 is 0 Å². The van der Waals surface area contributed by atoms with Crippen molar-refractivity contribution in [1.82, 2.24) is 0 Å². The fourth-order valence-electron chi connectivity index (χ4n) is 14.0. The highest BCUT2D eigenvalue weighted by atomic mass is 32.1. The van der Waals surface area contributed by atoms with Crippen LogP contribution in [0.3, 0.4) is 0 Å². The molecule has 0 aliphatic heterocycles. The maximum absolute atomic E-state index is 2.72. The molecular weight excluding hydrogens is 671 g/mol. The topological polar surface area (TPSA) is 3.24 Å². The molecule has 1 aromatic heterocycles. The fourth-order valence-corrected chi connectivity index (χ4v) is 15.1. The summed E-state index contributed by atoms with van der Waals surface area (Å²) in [5.41, 5.74) is 16.4. The summed E-state index contributed by atoms with van der Waals surface area (Å²) < 4.78 is 2.73. The highest BCUT2D eigenvalue weighted by Gasteiger charge is 2.62. The summed E-state index contributed by atoms with van der Waals surface area (Å²) in [4.78, 5) is 2.72. The molecule has 0 unspecified atom stereocenters. The molecule has 0 saturated heterocycles. The molecule has 7 aromatic rings. The molecule has 2 spiro atoms. The molecule has 1 nitrogen and oxygen atoms in total. The van der Waals surface area contributed by atoms with Crippen molar-refractivity contribution in [3.63, 3.8) is 0 Å². The number of rotatable bonds is 3. The Morgan fingerprint density at radius 1 is 0.481 bits per heavy atom. The minimum Gasteiger partial charge on any atom is -0.309 e. The number of benzene rings is 6. The van der Waals surface area contributed by atoms with Crippen molar-refractivity contribution in [2.45, 2.75) is 75.0 Å². The molecule has 7 aliphatic rings. The zero-order valence-corrected chi connectivity index (χ0v) is 31.7. The normalized spacial score (nSPS) is 26.4. The summed E-state index contributed by atoms with van der Waals surface area (Å²) in [6, 6.07) is 50.3. The van der Waals surface area contributed by atoms with Gasteiger partial charge in [0.1, 0.15) is 0 Å². The number of nitrogens with zero attached hydrogens (tertiary/aromatic N) is 1. The van der Waals surface area contributed by atoms with Crippen molar-refractivity contribution in [3.05, 3.63) is 150 Å². The van der Waals surface area contributed by atoms with Crippen LogP contribution in [-0.4, -0.2) is 0 Å². The second-order valence-electron chi connectivity index (χ2n) is 17.9. The first-order chi connectivity index (χ1) is 26.7. The van der Waals surface area contributed by atoms with Crippen molar-refractivity contribution in [3.8, 4) is 22.3 Å². The average molecular weight is 716 g/mol. The van der Waals surface area contributed by atoms with E-state index in [1.54, 1.807) is 22.3 Å². The maximum Gasteiger partial charge on any atom is 0.0543 e. The lowest BCUT2D eigenvalue weighted by Crippen LogP contribution is -2.55. The predicted molar refractivity (Wildman–Crippen MR) is 227 cm³/mol. The molecule has 2 heteroatoms. The lowest BCUT2D eigenvalue weighted by molar-refractivity contribution is -0.0399. The predicted octanol–water partition coefficient (Wildman–Crippen LogP) is 14.5. The molecule has 0 atom stereocenters. The smallest absolute Gasteiger partial charge is 0.0543 e. The van der Waals surface area contributed by atoms with E-state index in [0.29, 0.717) is 0 Å². The van der Waals surface area contributed by atoms with Crippen LogP contribution in [0.2, 0.25) is 0 Å². The van der Waals surface area contributed by atoms with Gasteiger partial charge in [0.15, 0.2) is 0 Å². The number of anilines is 3. The van der Waals surface area contributed by atoms with Crippen molar-refractivity contribution in [1.29, 1.82) is 0 Å². The minimum absolute atomic E-state index is 0.106. The number of hydrogen-bond donors (Lipinski definition) is 0. The van der Waals surface area contributed by atoms with Gasteiger partial charge >= 0.3 is 0 Å². The van der Waals surface area contributed by atoms with Crippen LogP contribution in [0.15, 0.2) is 127 Å². The van der Waals surface area contributed by atoms with Crippen LogP contribution >= 0.6 is 11.3 Å². The van der Waals surface area contributed by atoms with Crippen LogP contribution in [-0.2, 0) is 10.8 Å². The second kappa shape index (κ2) is 11.0. The Hall–Kier alpha value is -4.66. The van der Waals surface area contributed by atoms with Gasteiger partial charge in [-0.2, -0.15) is 0 Å². The van der Waals surface area contributed by atoms with Gasteiger partial charge in [0.05, 0.1) is 11.4 Å². The van der Waals surface area contributed by atoms with Crippen molar-refractivity contribution in [2.24, 2.45) is 23.7 Å². The third kappa shape index (κ3) is 3.81. The van der Waals surface area contributed by atoms with Gasteiger partial charge in [0.2, 0.25) is 0 Å². The minimum atomic E-state index is 0.106. The van der Waals surface area contributed by atoms with Gasteiger partial charge < -0.3 is 4.90 Å². The van der Waals surface area contributed by atoms with Crippen molar-refractivity contribution in [2.75, 3.05) is 4.90 Å². The third-order valence-electron chi connectivity index (χ3n) is 15.6. The molecule has 54 heavy (non-hydrogen) atoms. The second-order valence-corrected chi connectivity index (χ2v) is 19.0. The van der Waals surface area contributed by atoms with E-state index in [9.17, 15) is 0 Å². The molecule has 0 radical (unpaired) electrons. The highest BCUT2D eigenvalue weighted by Crippen LogP contribution is 2.71. The molecule has 264 valence electrons. The number of hydrogen-bond acceptors (Lipinski definition) is 2. The van der Waals surface area contributed by atoms with E-state index in [0.717, 1.165) is 23.7 Å². The van der Waals surface area contributed by atoms with Crippen LogP contribution in [0.25, 0.3) is 42.4 Å². The first-order valence-corrected chi connectivity index (χ1v) is 21.7. The largest absolute Gasteiger partial charge is 0.309 e. The lowest BCUT2D eigenvalue weighted by Gasteiger charge is -2.61. The molecular formula is C52H45NS. The molecule has 4 bridgehead atoms. The van der Waals surface area contributed by atoms with E-state index in [1.807, 2.05) is 11.3 Å². The van der Waals surface area contributed by atoms with Crippen LogP contribution in [0.5, 0.6) is 0 Å². The van der Waals surface area contributed by atoms with Gasteiger partial charge in [0.25, 0.3) is 0 Å². The number of thiophene rings is 1. The van der Waals surface area contributed by atoms with Crippen molar-refractivity contribution >= 4 is 48.6 Å². The lowest BCUT2D eigenvalue weighted by atomic mass is 9.43. The SMILES string of the molecule is c1ccc2c(c1)-c1c(N(c3ccc4sc5ccccc5c4c3)c3cccc4c3-c3ccccc3C43C4CC5CC(C4)CC3C5)cccc1C21CCCCC1. The first-order valence-electron chi connectivity index (χ1n) is 20.9. The summed E-state index contributed by atoms with van der Waals surface area (Å²) in [6.45, 7) is 0. The summed E-state index contributed by atoms with van der Waals surface area (Å²) in [6.07, 6.45) is 13.5. The Morgan fingerprint density at radius 3 is 1.83 bits per heavy atom. The van der Waals surface area contributed by atoms with Gasteiger partial charge in [-0.15, -0.1) is 11.3 Å². The summed E-state index contributed by atoms with van der Waals surface area (Å²) >= 11 is 1.92. The summed E-state index contributed by atoms with van der Waals surface area (Å²) in [7, 11) is 0. The third-order valence-corrected chi connectivity index (χ3v) is 16.8. The van der Waals surface area contributed by atoms with Gasteiger partial charge in [-0.3, -0.25) is 0 Å². The van der Waals surface area contributed by atoms with E-state index in [2.05, 4.69) is 132 Å². The summed E-state index contributed by atoms with van der Waals surface area (Å²) in [5, 5.41) is 2.72. The molecule has 5 fully saturated rings. The van der Waals surface area contributed by atoms with Crippen LogP contribution < -0.4 is 4.90 Å². The molecule has 5 saturated carbocycles. The Balaban J connectivity index is 1.11. The zero-order valence-electron chi connectivity index (χ0n) is 30.9. The fraction of sp³-hybridized carbons (Fsp3) is 0.308. The quantitative estimate of drug-likeness (QED) is 0.176. The van der Waals surface area contributed by atoms with E-state index in [1.165, 1.54) is 124 Å². The van der Waals surface area contributed by atoms with Crippen LogP contribution in [0.4, 0.5) is 17.1 Å².